The van der Waals surface area contributed by atoms with E-state index in [-0.39, 0.29) is 11.8 Å². The van der Waals surface area contributed by atoms with Crippen LogP contribution in [0.2, 0.25) is 5.02 Å². The average Bonchev–Trinajstić information content (AvgIpc) is 3.39. The number of anilines is 1. The van der Waals surface area contributed by atoms with E-state index in [1.165, 1.54) is 31.5 Å². The first-order chi connectivity index (χ1) is 14.1. The number of hydrogen-bond acceptors (Lipinski definition) is 2. The number of hydrogen-bond donors (Lipinski definition) is 2. The third-order valence-corrected chi connectivity index (χ3v) is 6.20. The molecule has 2 heterocycles. The van der Waals surface area contributed by atoms with E-state index in [2.05, 4.69) is 23.5 Å². The smallest absolute Gasteiger partial charge is 0.251 e. The van der Waals surface area contributed by atoms with Crippen LogP contribution in [0, 0.1) is 0 Å². The van der Waals surface area contributed by atoms with E-state index in [0.717, 1.165) is 18.5 Å². The van der Waals surface area contributed by atoms with Gasteiger partial charge in [0.1, 0.15) is 6.54 Å². The van der Waals surface area contributed by atoms with Crippen molar-refractivity contribution in [1.29, 1.82) is 0 Å². The molecule has 2 aliphatic rings. The van der Waals surface area contributed by atoms with Crippen molar-refractivity contribution < 1.29 is 14.5 Å². The molecule has 0 bridgehead atoms. The Morgan fingerprint density at radius 2 is 1.83 bits per heavy atom. The first-order valence-corrected chi connectivity index (χ1v) is 10.8. The van der Waals surface area contributed by atoms with Crippen LogP contribution >= 0.6 is 11.6 Å². The predicted octanol–water partition coefficient (Wildman–Crippen LogP) is 2.58. The molecule has 0 radical (unpaired) electrons. The maximum atomic E-state index is 12.8. The van der Waals surface area contributed by atoms with Gasteiger partial charge in [0.2, 0.25) is 5.91 Å². The zero-order chi connectivity index (χ0) is 20.2. The molecule has 2 aromatic carbocycles. The molecule has 0 spiro atoms. The van der Waals surface area contributed by atoms with Gasteiger partial charge in [-0.3, -0.25) is 9.59 Å². The summed E-state index contributed by atoms with van der Waals surface area (Å²) in [4.78, 5) is 28.1. The van der Waals surface area contributed by atoms with Crippen molar-refractivity contribution in [2.24, 2.45) is 0 Å². The number of amides is 2. The lowest BCUT2D eigenvalue weighted by atomic mass is 10.1. The average molecular weight is 413 g/mol. The molecule has 2 aliphatic heterocycles. The fourth-order valence-corrected chi connectivity index (χ4v) is 4.48. The normalized spacial score (nSPS) is 17.1. The number of halogens is 1. The first kappa shape index (κ1) is 19.9. The van der Waals surface area contributed by atoms with Gasteiger partial charge in [0, 0.05) is 43.5 Å². The molecule has 2 saturated heterocycles. The SMILES string of the molecule is O=C(NCc1ccccc1C[NH+]1CCCC1)c1ccc(Cl)c(N2CCCC2=O)c1. The maximum Gasteiger partial charge on any atom is 0.251 e. The van der Waals surface area contributed by atoms with Crippen molar-refractivity contribution in [3.8, 4) is 0 Å². The van der Waals surface area contributed by atoms with Gasteiger partial charge in [-0.25, -0.2) is 0 Å². The quantitative estimate of drug-likeness (QED) is 0.766. The highest BCUT2D eigenvalue weighted by molar-refractivity contribution is 6.34. The summed E-state index contributed by atoms with van der Waals surface area (Å²) in [6, 6.07) is 13.5. The van der Waals surface area contributed by atoms with Crippen LogP contribution in [-0.4, -0.2) is 31.4 Å². The predicted molar refractivity (Wildman–Crippen MR) is 114 cm³/mol. The number of nitrogens with zero attached hydrogens (tertiary/aromatic N) is 1. The molecule has 2 fully saturated rings. The second-order valence-corrected chi connectivity index (χ2v) is 8.31. The molecule has 5 nitrogen and oxygen atoms in total. The lowest BCUT2D eigenvalue weighted by molar-refractivity contribution is -0.901. The molecule has 2 amide bonds. The summed E-state index contributed by atoms with van der Waals surface area (Å²) in [6.45, 7) is 4.60. The largest absolute Gasteiger partial charge is 0.348 e. The molecule has 6 heteroatoms. The van der Waals surface area contributed by atoms with Gasteiger partial charge in [-0.15, -0.1) is 0 Å². The molecule has 2 N–H and O–H groups in total. The molecule has 0 unspecified atom stereocenters. The summed E-state index contributed by atoms with van der Waals surface area (Å²) < 4.78 is 0. The molecule has 29 heavy (non-hydrogen) atoms. The highest BCUT2D eigenvalue weighted by Crippen LogP contribution is 2.30. The Labute approximate surface area is 176 Å². The lowest BCUT2D eigenvalue weighted by Gasteiger charge is -2.18. The number of carbonyl (C=O) groups is 2. The molecule has 0 aliphatic carbocycles. The fraction of sp³-hybridized carbons (Fsp3) is 0.391. The topological polar surface area (TPSA) is 53.9 Å². The van der Waals surface area contributed by atoms with Crippen LogP contribution in [0.3, 0.4) is 0 Å². The first-order valence-electron chi connectivity index (χ1n) is 10.4. The van der Waals surface area contributed by atoms with E-state index in [9.17, 15) is 9.59 Å². The van der Waals surface area contributed by atoms with Crippen LogP contribution in [0.4, 0.5) is 5.69 Å². The number of nitrogens with one attached hydrogen (secondary N) is 2. The van der Waals surface area contributed by atoms with Crippen molar-refractivity contribution >= 4 is 29.1 Å². The van der Waals surface area contributed by atoms with E-state index in [0.29, 0.717) is 35.8 Å². The summed E-state index contributed by atoms with van der Waals surface area (Å²) >= 11 is 6.29. The second kappa shape index (κ2) is 8.97. The standard InChI is InChI=1S/C23H26ClN3O2/c24-20-10-9-17(14-21(20)27-13-5-8-22(27)28)23(29)25-15-18-6-1-2-7-19(18)16-26-11-3-4-12-26/h1-2,6-7,9-10,14H,3-5,8,11-13,15-16H2,(H,25,29)/p+1. The van der Waals surface area contributed by atoms with E-state index in [1.54, 1.807) is 28.0 Å². The Morgan fingerprint density at radius 3 is 2.55 bits per heavy atom. The summed E-state index contributed by atoms with van der Waals surface area (Å²) in [7, 11) is 0. The van der Waals surface area contributed by atoms with Crippen LogP contribution < -0.4 is 15.1 Å². The molecule has 152 valence electrons. The second-order valence-electron chi connectivity index (χ2n) is 7.90. The van der Waals surface area contributed by atoms with Gasteiger partial charge in [-0.1, -0.05) is 35.9 Å². The Hall–Kier alpha value is -2.37. The van der Waals surface area contributed by atoms with Crippen molar-refractivity contribution in [3.63, 3.8) is 0 Å². The number of benzene rings is 2. The lowest BCUT2D eigenvalue weighted by Crippen LogP contribution is -3.08. The van der Waals surface area contributed by atoms with Crippen LogP contribution in [0.5, 0.6) is 0 Å². The van der Waals surface area contributed by atoms with Crippen LogP contribution in [0.15, 0.2) is 42.5 Å². The summed E-state index contributed by atoms with van der Waals surface area (Å²) in [6.07, 6.45) is 3.95. The number of rotatable bonds is 6. The number of carbonyl (C=O) groups excluding carboxylic acids is 2. The van der Waals surface area contributed by atoms with Gasteiger partial charge >= 0.3 is 0 Å². The summed E-state index contributed by atoms with van der Waals surface area (Å²) in [5.74, 6) is -0.0966. The van der Waals surface area contributed by atoms with Gasteiger partial charge in [-0.2, -0.15) is 0 Å². The van der Waals surface area contributed by atoms with Crippen molar-refractivity contribution in [2.45, 2.75) is 38.8 Å². The Kier molecular flexibility index (Phi) is 6.16. The van der Waals surface area contributed by atoms with Gasteiger partial charge < -0.3 is 15.1 Å². The van der Waals surface area contributed by atoms with Crippen LogP contribution in [0.1, 0.15) is 47.2 Å². The minimum atomic E-state index is -0.155. The number of likely N-dealkylation sites (tertiary alicyclic amines) is 1. The van der Waals surface area contributed by atoms with E-state index in [1.807, 2.05) is 6.07 Å². The highest BCUT2D eigenvalue weighted by Gasteiger charge is 2.24. The Bertz CT molecular complexity index is 909. The molecule has 0 atom stereocenters. The molecule has 0 aromatic heterocycles. The van der Waals surface area contributed by atoms with Gasteiger partial charge in [0.15, 0.2) is 0 Å². The van der Waals surface area contributed by atoms with Crippen molar-refractivity contribution in [2.75, 3.05) is 24.5 Å². The Morgan fingerprint density at radius 1 is 1.07 bits per heavy atom. The van der Waals surface area contributed by atoms with Gasteiger partial charge in [-0.05, 0) is 30.2 Å². The van der Waals surface area contributed by atoms with E-state index < -0.39 is 0 Å². The van der Waals surface area contributed by atoms with Gasteiger partial charge in [0.25, 0.3) is 5.91 Å². The zero-order valence-electron chi connectivity index (χ0n) is 16.5. The minimum absolute atomic E-state index is 0.0581. The highest BCUT2D eigenvalue weighted by atomic mass is 35.5. The number of quaternary nitrogens is 1. The molecular weight excluding hydrogens is 386 g/mol. The summed E-state index contributed by atoms with van der Waals surface area (Å²) in [5, 5.41) is 3.53. The third kappa shape index (κ3) is 4.62. The Balaban J connectivity index is 1.44. The maximum absolute atomic E-state index is 12.8. The fourth-order valence-electron chi connectivity index (χ4n) is 4.26. The molecule has 2 aromatic rings. The van der Waals surface area contributed by atoms with Crippen molar-refractivity contribution in [1.82, 2.24) is 5.32 Å². The van der Waals surface area contributed by atoms with E-state index >= 15 is 0 Å². The van der Waals surface area contributed by atoms with Crippen molar-refractivity contribution in [3.05, 3.63) is 64.2 Å². The molecule has 4 rings (SSSR count). The van der Waals surface area contributed by atoms with Crippen LogP contribution in [0.25, 0.3) is 0 Å². The van der Waals surface area contributed by atoms with Gasteiger partial charge in [0.05, 0.1) is 23.8 Å². The van der Waals surface area contributed by atoms with E-state index in [4.69, 9.17) is 11.6 Å². The monoisotopic (exact) mass is 412 g/mol. The zero-order valence-corrected chi connectivity index (χ0v) is 17.3. The minimum Gasteiger partial charge on any atom is -0.348 e. The summed E-state index contributed by atoms with van der Waals surface area (Å²) in [5.41, 5.74) is 3.60. The third-order valence-electron chi connectivity index (χ3n) is 5.88. The molecular formula is C23H27ClN3O2+. The van der Waals surface area contributed by atoms with Crippen LogP contribution in [-0.2, 0) is 17.9 Å². The molecule has 0 saturated carbocycles.